The van der Waals surface area contributed by atoms with Crippen LogP contribution in [-0.4, -0.2) is 56.6 Å². The van der Waals surface area contributed by atoms with Crippen LogP contribution in [0.15, 0.2) is 18.7 Å². The summed E-state index contributed by atoms with van der Waals surface area (Å²) in [6.07, 6.45) is 8.39. The normalized spacial score (nSPS) is 12.2. The van der Waals surface area contributed by atoms with Gasteiger partial charge in [0.25, 0.3) is 0 Å². The molecule has 0 radical (unpaired) electrons. The molecule has 0 aliphatic carbocycles. The van der Waals surface area contributed by atoms with Crippen molar-refractivity contribution in [3.05, 3.63) is 18.7 Å². The number of nitrogens with one attached hydrogen (secondary N) is 1. The molecule has 0 amide bonds. The monoisotopic (exact) mass is 307 g/mol. The molecule has 7 nitrogen and oxygen atoms in total. The minimum absolute atomic E-state index is 0.361. The lowest BCUT2D eigenvalue weighted by Gasteiger charge is -2.25. The van der Waals surface area contributed by atoms with Gasteiger partial charge in [0, 0.05) is 32.5 Å². The zero-order valence-electron chi connectivity index (χ0n) is 12.8. The molecule has 0 saturated heterocycles. The number of rotatable bonds is 7. The lowest BCUT2D eigenvalue weighted by atomic mass is 10.2. The molecule has 0 aliphatic rings. The number of aromatic nitrogens is 5. The summed E-state index contributed by atoms with van der Waals surface area (Å²) in [5.74, 6) is 2.88. The fraction of sp³-hybridized carbons (Fsp3) is 0.538. The van der Waals surface area contributed by atoms with Gasteiger partial charge in [-0.05, 0) is 25.4 Å². The number of anilines is 2. The molecule has 0 aliphatic heterocycles. The molecule has 21 heavy (non-hydrogen) atoms. The van der Waals surface area contributed by atoms with Crippen LogP contribution in [0.1, 0.15) is 13.3 Å². The van der Waals surface area contributed by atoms with Gasteiger partial charge in [0.1, 0.15) is 6.33 Å². The van der Waals surface area contributed by atoms with Crippen LogP contribution >= 0.6 is 11.8 Å². The average Bonchev–Trinajstić information content (AvgIpc) is 3.05. The summed E-state index contributed by atoms with van der Waals surface area (Å²) in [4.78, 5) is 19.4. The summed E-state index contributed by atoms with van der Waals surface area (Å²) in [6.45, 7) is 2.18. The average molecular weight is 307 g/mol. The van der Waals surface area contributed by atoms with Crippen molar-refractivity contribution in [2.24, 2.45) is 0 Å². The van der Waals surface area contributed by atoms with Crippen molar-refractivity contribution in [3.63, 3.8) is 0 Å². The lowest BCUT2D eigenvalue weighted by molar-refractivity contribution is 0.650. The molecule has 8 heteroatoms. The second-order valence-electron chi connectivity index (χ2n) is 4.72. The Morgan fingerprint density at radius 1 is 1.38 bits per heavy atom. The van der Waals surface area contributed by atoms with Gasteiger partial charge in [-0.3, -0.25) is 4.57 Å². The van der Waals surface area contributed by atoms with E-state index in [0.717, 1.165) is 12.2 Å². The van der Waals surface area contributed by atoms with Crippen molar-refractivity contribution < 1.29 is 0 Å². The van der Waals surface area contributed by atoms with Crippen molar-refractivity contribution in [3.8, 4) is 5.95 Å². The van der Waals surface area contributed by atoms with Gasteiger partial charge < -0.3 is 10.2 Å². The maximum Gasteiger partial charge on any atom is 0.241 e. The second kappa shape index (κ2) is 7.26. The highest BCUT2D eigenvalue weighted by molar-refractivity contribution is 7.98. The van der Waals surface area contributed by atoms with Crippen molar-refractivity contribution >= 4 is 23.7 Å². The second-order valence-corrected chi connectivity index (χ2v) is 5.71. The molecule has 2 aromatic heterocycles. The Labute approximate surface area is 129 Å². The van der Waals surface area contributed by atoms with Crippen LogP contribution in [0.5, 0.6) is 0 Å². The summed E-state index contributed by atoms with van der Waals surface area (Å²) in [5, 5.41) is 2.98. The smallest absolute Gasteiger partial charge is 0.241 e. The Kier molecular flexibility index (Phi) is 5.38. The van der Waals surface area contributed by atoms with E-state index in [0.29, 0.717) is 23.9 Å². The number of hydrogen-bond acceptors (Lipinski definition) is 7. The van der Waals surface area contributed by atoms with Crippen molar-refractivity contribution in [1.82, 2.24) is 24.5 Å². The largest absolute Gasteiger partial charge is 0.357 e. The van der Waals surface area contributed by atoms with Crippen molar-refractivity contribution in [2.45, 2.75) is 19.4 Å². The van der Waals surface area contributed by atoms with Gasteiger partial charge in [0.05, 0.1) is 0 Å². The molecule has 2 rings (SSSR count). The zero-order chi connectivity index (χ0) is 15.2. The lowest BCUT2D eigenvalue weighted by Crippen LogP contribution is -2.31. The molecule has 1 unspecified atom stereocenters. The van der Waals surface area contributed by atoms with Crippen LogP contribution in [0.2, 0.25) is 0 Å². The molecule has 2 heterocycles. The molecule has 0 fully saturated rings. The first-order valence-electron chi connectivity index (χ1n) is 6.79. The molecule has 2 aromatic rings. The van der Waals surface area contributed by atoms with E-state index in [4.69, 9.17) is 0 Å². The maximum absolute atomic E-state index is 4.53. The predicted molar refractivity (Wildman–Crippen MR) is 87.4 cm³/mol. The summed E-state index contributed by atoms with van der Waals surface area (Å²) in [7, 11) is 3.81. The molecule has 1 N–H and O–H groups in total. The Morgan fingerprint density at radius 2 is 2.19 bits per heavy atom. The van der Waals surface area contributed by atoms with Crippen LogP contribution in [0, 0.1) is 0 Å². The van der Waals surface area contributed by atoms with Gasteiger partial charge in [-0.25, -0.2) is 4.98 Å². The van der Waals surface area contributed by atoms with Crippen LogP contribution in [-0.2, 0) is 0 Å². The molecule has 114 valence electrons. The Hall–Kier alpha value is -1.83. The van der Waals surface area contributed by atoms with Gasteiger partial charge in [-0.15, -0.1) is 0 Å². The minimum atomic E-state index is 0.361. The number of hydrogen-bond donors (Lipinski definition) is 1. The summed E-state index contributed by atoms with van der Waals surface area (Å²) in [5.41, 5.74) is 0. The highest BCUT2D eigenvalue weighted by Gasteiger charge is 2.15. The zero-order valence-corrected chi connectivity index (χ0v) is 13.6. The van der Waals surface area contributed by atoms with Gasteiger partial charge in [0.15, 0.2) is 0 Å². The van der Waals surface area contributed by atoms with E-state index in [1.165, 1.54) is 0 Å². The van der Waals surface area contributed by atoms with E-state index in [2.05, 4.69) is 43.3 Å². The molecular weight excluding hydrogens is 286 g/mol. The Bertz CT molecular complexity index is 558. The summed E-state index contributed by atoms with van der Waals surface area (Å²) >= 11 is 1.85. The molecule has 0 aromatic carbocycles. The molecular formula is C13H21N7S. The third-order valence-corrected chi connectivity index (χ3v) is 3.93. The first kappa shape index (κ1) is 15.6. The molecule has 0 saturated carbocycles. The highest BCUT2D eigenvalue weighted by atomic mass is 32.2. The third kappa shape index (κ3) is 3.84. The predicted octanol–water partition coefficient (Wildman–Crippen LogP) is 1.68. The molecule has 1 atom stereocenters. The van der Waals surface area contributed by atoms with Crippen LogP contribution in [0.4, 0.5) is 11.9 Å². The number of imidazole rings is 1. The Balaban J connectivity index is 2.28. The van der Waals surface area contributed by atoms with E-state index >= 15 is 0 Å². The van der Waals surface area contributed by atoms with Gasteiger partial charge >= 0.3 is 0 Å². The van der Waals surface area contributed by atoms with E-state index in [1.54, 1.807) is 24.1 Å². The van der Waals surface area contributed by atoms with E-state index in [-0.39, 0.29) is 0 Å². The van der Waals surface area contributed by atoms with Gasteiger partial charge in [-0.2, -0.15) is 26.7 Å². The van der Waals surface area contributed by atoms with E-state index in [1.807, 2.05) is 25.0 Å². The fourth-order valence-corrected chi connectivity index (χ4v) is 2.37. The van der Waals surface area contributed by atoms with Crippen molar-refractivity contribution in [1.29, 1.82) is 0 Å². The minimum Gasteiger partial charge on any atom is -0.357 e. The van der Waals surface area contributed by atoms with Crippen LogP contribution < -0.4 is 10.2 Å². The Morgan fingerprint density at radius 3 is 2.81 bits per heavy atom. The quantitative estimate of drug-likeness (QED) is 0.834. The maximum atomic E-state index is 4.53. The number of thioether (sulfide) groups is 1. The first-order chi connectivity index (χ1) is 10.2. The molecule has 0 bridgehead atoms. The van der Waals surface area contributed by atoms with Crippen molar-refractivity contribution in [2.75, 3.05) is 36.3 Å². The fourth-order valence-electron chi connectivity index (χ4n) is 1.80. The first-order valence-corrected chi connectivity index (χ1v) is 8.19. The third-order valence-electron chi connectivity index (χ3n) is 3.29. The van der Waals surface area contributed by atoms with Crippen LogP contribution in [0.25, 0.3) is 5.95 Å². The van der Waals surface area contributed by atoms with Gasteiger partial charge in [0.2, 0.25) is 17.8 Å². The van der Waals surface area contributed by atoms with E-state index < -0.39 is 0 Å². The standard InChI is InChI=1S/C13H21N7S/c1-10(5-8-21-4)19(3)12-16-11(14-2)17-13(18-12)20-7-6-15-9-20/h6-7,9-10H,5,8H2,1-4H3,(H,14,16,17,18). The SMILES string of the molecule is CNc1nc(N(C)C(C)CCSC)nc(-n2ccnc2)n1. The molecule has 0 spiro atoms. The topological polar surface area (TPSA) is 71.8 Å². The van der Waals surface area contributed by atoms with Gasteiger partial charge in [-0.1, -0.05) is 0 Å². The van der Waals surface area contributed by atoms with E-state index in [9.17, 15) is 0 Å². The summed E-state index contributed by atoms with van der Waals surface area (Å²) < 4.78 is 1.77. The summed E-state index contributed by atoms with van der Waals surface area (Å²) in [6, 6.07) is 0.361. The number of nitrogens with zero attached hydrogens (tertiary/aromatic N) is 6. The highest BCUT2D eigenvalue weighted by Crippen LogP contribution is 2.16. The van der Waals surface area contributed by atoms with Crippen LogP contribution in [0.3, 0.4) is 0 Å².